The van der Waals surface area contributed by atoms with E-state index in [-0.39, 0.29) is 22.3 Å². The van der Waals surface area contributed by atoms with Gasteiger partial charge in [0.25, 0.3) is 0 Å². The third-order valence-electron chi connectivity index (χ3n) is 5.76. The van der Waals surface area contributed by atoms with Crippen LogP contribution in [0.3, 0.4) is 0 Å². The van der Waals surface area contributed by atoms with Gasteiger partial charge < -0.3 is 14.2 Å². The Labute approximate surface area is 182 Å². The molecule has 0 aromatic heterocycles. The monoisotopic (exact) mass is 440 g/mol. The molecule has 1 spiro atoms. The van der Waals surface area contributed by atoms with Crippen molar-refractivity contribution in [1.29, 1.82) is 0 Å². The van der Waals surface area contributed by atoms with Crippen LogP contribution in [0.5, 0.6) is 0 Å². The number of amides is 1. The summed E-state index contributed by atoms with van der Waals surface area (Å²) in [5.74, 6) is 0. The molecule has 1 N–H and O–H groups in total. The fraction of sp³-hybridized carbons (Fsp3) is 0.682. The standard InChI is InChI=1S/C22H33ClN2O3S/c1-20(2,3)28-19(26)25-11-9-22(10-12-25)14-15-13-16(23)7-8-17(15)18(22)24-29(27)21(4,5)6/h7-8,13,18,24H,9-12,14H2,1-6H3/t18-,29?/m1/s1. The van der Waals surface area contributed by atoms with Crippen LogP contribution < -0.4 is 4.72 Å². The number of rotatable bonds is 2. The van der Waals surface area contributed by atoms with E-state index in [0.717, 1.165) is 24.3 Å². The third kappa shape index (κ3) is 5.04. The van der Waals surface area contributed by atoms with E-state index in [1.165, 1.54) is 11.1 Å². The van der Waals surface area contributed by atoms with E-state index in [4.69, 9.17) is 16.3 Å². The molecule has 0 bridgehead atoms. The molecule has 3 rings (SSSR count). The van der Waals surface area contributed by atoms with Crippen molar-refractivity contribution >= 4 is 29.1 Å². The molecule has 0 saturated carbocycles. The Bertz CT molecular complexity index is 764. The Morgan fingerprint density at radius 3 is 2.41 bits per heavy atom. The summed E-state index contributed by atoms with van der Waals surface area (Å²) in [7, 11) is 0. The maximum Gasteiger partial charge on any atom is 0.410 e. The van der Waals surface area contributed by atoms with Gasteiger partial charge in [-0.05, 0) is 84.1 Å². The molecular formula is C22H33ClN2O3S. The number of ether oxygens (including phenoxy) is 1. The van der Waals surface area contributed by atoms with Gasteiger partial charge in [-0.3, -0.25) is 0 Å². The molecule has 7 heteroatoms. The molecule has 5 nitrogen and oxygen atoms in total. The number of hydrogen-bond donors (Lipinski definition) is 1. The van der Waals surface area contributed by atoms with E-state index in [0.29, 0.717) is 13.1 Å². The van der Waals surface area contributed by atoms with E-state index in [2.05, 4.69) is 10.8 Å². The van der Waals surface area contributed by atoms with Gasteiger partial charge in [-0.2, -0.15) is 0 Å². The van der Waals surface area contributed by atoms with Crippen molar-refractivity contribution in [2.45, 2.75) is 77.2 Å². The number of carbonyl (C=O) groups excluding carboxylic acids is 1. The van der Waals surface area contributed by atoms with E-state index >= 15 is 0 Å². The summed E-state index contributed by atoms with van der Waals surface area (Å²) in [6.07, 6.45) is 2.28. The summed E-state index contributed by atoms with van der Waals surface area (Å²) < 4.78 is 21.6. The lowest BCUT2D eigenvalue weighted by atomic mass is 9.73. The molecule has 1 fully saturated rings. The quantitative estimate of drug-likeness (QED) is 0.656. The first-order chi connectivity index (χ1) is 13.3. The number of likely N-dealkylation sites (tertiary alicyclic amines) is 1. The molecule has 1 amide bonds. The molecule has 1 aromatic rings. The van der Waals surface area contributed by atoms with Gasteiger partial charge in [0, 0.05) is 34.9 Å². The molecule has 1 aliphatic carbocycles. The molecule has 1 unspecified atom stereocenters. The molecule has 2 aliphatic rings. The second-order valence-electron chi connectivity index (χ2n) is 10.3. The topological polar surface area (TPSA) is 64.6 Å². The van der Waals surface area contributed by atoms with Gasteiger partial charge in [0.05, 0.1) is 6.04 Å². The van der Waals surface area contributed by atoms with Gasteiger partial charge in [0.1, 0.15) is 10.3 Å². The van der Waals surface area contributed by atoms with Crippen LogP contribution in [0.1, 0.15) is 71.6 Å². The summed E-state index contributed by atoms with van der Waals surface area (Å²) >= 11 is 5.07. The second kappa shape index (κ2) is 7.95. The Morgan fingerprint density at radius 2 is 1.86 bits per heavy atom. The normalized spacial score (nSPS) is 22.5. The number of nitrogens with zero attached hydrogens (tertiary/aromatic N) is 1. The maximum absolute atomic E-state index is 12.9. The first-order valence-corrected chi connectivity index (χ1v) is 11.8. The lowest BCUT2D eigenvalue weighted by molar-refractivity contribution is 0.00716. The second-order valence-corrected chi connectivity index (χ2v) is 12.7. The first-order valence-electron chi connectivity index (χ1n) is 10.3. The van der Waals surface area contributed by atoms with Crippen molar-refractivity contribution in [2.24, 2.45) is 5.41 Å². The summed E-state index contributed by atoms with van der Waals surface area (Å²) in [4.78, 5) is 14.3. The van der Waals surface area contributed by atoms with Crippen LogP contribution in [0.15, 0.2) is 18.2 Å². The number of carbonyl (C=O) groups is 1. The minimum atomic E-state index is -1.19. The molecule has 1 aromatic carbocycles. The van der Waals surface area contributed by atoms with Gasteiger partial charge in [-0.1, -0.05) is 17.7 Å². The van der Waals surface area contributed by atoms with E-state index in [9.17, 15) is 9.35 Å². The predicted molar refractivity (Wildman–Crippen MR) is 118 cm³/mol. The highest BCUT2D eigenvalue weighted by Crippen LogP contribution is 2.53. The van der Waals surface area contributed by atoms with Crippen LogP contribution in [-0.2, 0) is 22.5 Å². The SMILES string of the molecule is CC(C)(C)OC(=O)N1CCC2(CC1)Cc1cc(Cl)ccc1[C@H]2N[S+]([O-])C(C)(C)C. The highest BCUT2D eigenvalue weighted by molar-refractivity contribution is 7.90. The van der Waals surface area contributed by atoms with Crippen molar-refractivity contribution in [3.05, 3.63) is 34.3 Å². The highest BCUT2D eigenvalue weighted by atomic mass is 35.5. The van der Waals surface area contributed by atoms with Crippen molar-refractivity contribution in [1.82, 2.24) is 9.62 Å². The van der Waals surface area contributed by atoms with Crippen LogP contribution in [0.25, 0.3) is 0 Å². The summed E-state index contributed by atoms with van der Waals surface area (Å²) in [6.45, 7) is 12.9. The van der Waals surface area contributed by atoms with Gasteiger partial charge in [-0.15, -0.1) is 4.72 Å². The first kappa shape index (κ1) is 22.7. The number of benzene rings is 1. The van der Waals surface area contributed by atoms with Crippen LogP contribution in [0.4, 0.5) is 4.79 Å². The number of hydrogen-bond acceptors (Lipinski definition) is 4. The summed E-state index contributed by atoms with van der Waals surface area (Å²) in [6, 6.07) is 5.98. The van der Waals surface area contributed by atoms with Crippen LogP contribution in [-0.4, -0.2) is 39.0 Å². The average molecular weight is 441 g/mol. The van der Waals surface area contributed by atoms with Crippen LogP contribution in [0, 0.1) is 5.41 Å². The molecular weight excluding hydrogens is 408 g/mol. The summed E-state index contributed by atoms with van der Waals surface area (Å²) in [5.41, 5.74) is 1.82. The molecule has 0 radical (unpaired) electrons. The van der Waals surface area contributed by atoms with Crippen LogP contribution >= 0.6 is 11.6 Å². The maximum atomic E-state index is 12.9. The van der Waals surface area contributed by atoms with Crippen molar-refractivity contribution in [3.63, 3.8) is 0 Å². The lowest BCUT2D eigenvalue weighted by Crippen LogP contribution is -2.51. The Kier molecular flexibility index (Phi) is 6.23. The van der Waals surface area contributed by atoms with Crippen molar-refractivity contribution in [3.8, 4) is 0 Å². The number of fused-ring (bicyclic) bond motifs is 1. The van der Waals surface area contributed by atoms with Gasteiger partial charge >= 0.3 is 6.09 Å². The Morgan fingerprint density at radius 1 is 1.24 bits per heavy atom. The zero-order valence-corrected chi connectivity index (χ0v) is 19.9. The van der Waals surface area contributed by atoms with E-state index in [1.54, 1.807) is 4.90 Å². The molecule has 1 saturated heterocycles. The third-order valence-corrected chi connectivity index (χ3v) is 7.56. The minimum Gasteiger partial charge on any atom is -0.598 e. The fourth-order valence-electron chi connectivity index (χ4n) is 4.22. The van der Waals surface area contributed by atoms with Crippen molar-refractivity contribution in [2.75, 3.05) is 13.1 Å². The molecule has 162 valence electrons. The minimum absolute atomic E-state index is 0.0180. The molecule has 1 aliphatic heterocycles. The largest absolute Gasteiger partial charge is 0.598 e. The number of nitrogens with one attached hydrogen (secondary N) is 1. The molecule has 1 heterocycles. The van der Waals surface area contributed by atoms with Crippen LogP contribution in [0.2, 0.25) is 5.02 Å². The van der Waals surface area contributed by atoms with E-state index in [1.807, 2.05) is 53.7 Å². The van der Waals surface area contributed by atoms with Gasteiger partial charge in [0.15, 0.2) is 0 Å². The average Bonchev–Trinajstić information content (AvgIpc) is 2.85. The Balaban J connectivity index is 1.81. The van der Waals surface area contributed by atoms with E-state index < -0.39 is 17.0 Å². The van der Waals surface area contributed by atoms with Crippen molar-refractivity contribution < 1.29 is 14.1 Å². The zero-order chi connectivity index (χ0) is 21.6. The van der Waals surface area contributed by atoms with Gasteiger partial charge in [-0.25, -0.2) is 4.79 Å². The number of halogens is 1. The zero-order valence-electron chi connectivity index (χ0n) is 18.3. The smallest absolute Gasteiger partial charge is 0.410 e. The Hall–Kier alpha value is -0.950. The van der Waals surface area contributed by atoms with Gasteiger partial charge in [0.2, 0.25) is 0 Å². The lowest BCUT2D eigenvalue weighted by Gasteiger charge is -2.43. The summed E-state index contributed by atoms with van der Waals surface area (Å²) in [5, 5.41) is 0.725. The molecule has 29 heavy (non-hydrogen) atoms. The fourth-order valence-corrected chi connectivity index (χ4v) is 5.36. The highest BCUT2D eigenvalue weighted by Gasteiger charge is 2.51. The molecule has 2 atom stereocenters. The predicted octanol–water partition coefficient (Wildman–Crippen LogP) is 5.01. The number of piperidine rings is 1.